The first-order valence-electron chi connectivity index (χ1n) is 8.83. The standard InChI is InChI=1S/C20H24N2O3/c1-4-22(8-7-18(23)24)20(25)16-11-17(14-5-6-14)21-19-13(3)9-12(2)10-15(16)19/h9-11,14H,4-8H2,1-3H3,(H,23,24). The van der Waals surface area contributed by atoms with Crippen LogP contribution in [-0.2, 0) is 4.79 Å². The number of aryl methyl sites for hydroxylation is 2. The third kappa shape index (κ3) is 3.65. The smallest absolute Gasteiger partial charge is 0.305 e. The molecule has 1 heterocycles. The maximum atomic E-state index is 13.1. The number of nitrogens with zero attached hydrogens (tertiary/aromatic N) is 2. The molecule has 5 nitrogen and oxygen atoms in total. The van der Waals surface area contributed by atoms with Gasteiger partial charge in [0.15, 0.2) is 0 Å². The molecule has 5 heteroatoms. The van der Waals surface area contributed by atoms with Crippen LogP contribution in [0.15, 0.2) is 18.2 Å². The van der Waals surface area contributed by atoms with E-state index in [2.05, 4.69) is 6.07 Å². The van der Waals surface area contributed by atoms with Crippen LogP contribution in [-0.4, -0.2) is 40.0 Å². The molecule has 0 spiro atoms. The third-order valence-corrected chi connectivity index (χ3v) is 4.76. The van der Waals surface area contributed by atoms with E-state index in [4.69, 9.17) is 10.1 Å². The van der Waals surface area contributed by atoms with Crippen molar-refractivity contribution in [2.45, 2.75) is 46.0 Å². The lowest BCUT2D eigenvalue weighted by Gasteiger charge is -2.22. The molecule has 0 atom stereocenters. The average Bonchev–Trinajstić information content (AvgIpc) is 3.39. The van der Waals surface area contributed by atoms with Crippen molar-refractivity contribution in [2.75, 3.05) is 13.1 Å². The lowest BCUT2D eigenvalue weighted by Crippen LogP contribution is -2.33. The van der Waals surface area contributed by atoms with Crippen LogP contribution in [0.25, 0.3) is 10.9 Å². The topological polar surface area (TPSA) is 70.5 Å². The fourth-order valence-electron chi connectivity index (χ4n) is 3.27. The second kappa shape index (κ2) is 6.82. The van der Waals surface area contributed by atoms with E-state index < -0.39 is 5.97 Å². The van der Waals surface area contributed by atoms with Crippen molar-refractivity contribution in [1.82, 2.24) is 9.88 Å². The fourth-order valence-corrected chi connectivity index (χ4v) is 3.27. The first-order chi connectivity index (χ1) is 11.9. The lowest BCUT2D eigenvalue weighted by atomic mass is 9.99. The Morgan fingerprint density at radius 1 is 1.24 bits per heavy atom. The Hall–Kier alpha value is -2.43. The SMILES string of the molecule is CCN(CCC(=O)O)C(=O)c1cc(C2CC2)nc2c(C)cc(C)cc12. The molecule has 1 fully saturated rings. The first-order valence-corrected chi connectivity index (χ1v) is 8.83. The molecular formula is C20H24N2O3. The van der Waals surface area contributed by atoms with E-state index >= 15 is 0 Å². The molecule has 0 aliphatic heterocycles. The van der Waals surface area contributed by atoms with Crippen LogP contribution in [0.3, 0.4) is 0 Å². The van der Waals surface area contributed by atoms with Gasteiger partial charge in [0.2, 0.25) is 0 Å². The van der Waals surface area contributed by atoms with Crippen molar-refractivity contribution in [2.24, 2.45) is 0 Å². The summed E-state index contributed by atoms with van der Waals surface area (Å²) in [7, 11) is 0. The van der Waals surface area contributed by atoms with E-state index in [1.807, 2.05) is 32.9 Å². The Kier molecular flexibility index (Phi) is 4.75. The quantitative estimate of drug-likeness (QED) is 0.871. The molecule has 1 amide bonds. The van der Waals surface area contributed by atoms with Gasteiger partial charge in [0.1, 0.15) is 0 Å². The largest absolute Gasteiger partial charge is 0.481 e. The van der Waals surface area contributed by atoms with Crippen LogP contribution in [0, 0.1) is 13.8 Å². The summed E-state index contributed by atoms with van der Waals surface area (Å²) in [5.74, 6) is -0.551. The van der Waals surface area contributed by atoms with Gasteiger partial charge in [-0.25, -0.2) is 0 Å². The predicted octanol–water partition coefficient (Wildman–Crippen LogP) is 3.67. The monoisotopic (exact) mass is 340 g/mol. The summed E-state index contributed by atoms with van der Waals surface area (Å²) in [5, 5.41) is 9.79. The minimum absolute atomic E-state index is 0.0455. The predicted molar refractivity (Wildman–Crippen MR) is 97.0 cm³/mol. The first kappa shape index (κ1) is 17.4. The Labute approximate surface area is 147 Å². The van der Waals surface area contributed by atoms with Gasteiger partial charge in [-0.15, -0.1) is 0 Å². The maximum Gasteiger partial charge on any atom is 0.305 e. The molecular weight excluding hydrogens is 316 g/mol. The molecule has 1 aliphatic rings. The van der Waals surface area contributed by atoms with E-state index in [0.717, 1.165) is 40.6 Å². The van der Waals surface area contributed by atoms with Crippen molar-refractivity contribution in [3.8, 4) is 0 Å². The van der Waals surface area contributed by atoms with E-state index in [1.165, 1.54) is 0 Å². The summed E-state index contributed by atoms with van der Waals surface area (Å²) in [5.41, 5.74) is 4.67. The Morgan fingerprint density at radius 2 is 1.96 bits per heavy atom. The number of benzene rings is 1. The van der Waals surface area contributed by atoms with Gasteiger partial charge in [-0.1, -0.05) is 11.6 Å². The van der Waals surface area contributed by atoms with Crippen LogP contribution in [0.2, 0.25) is 0 Å². The third-order valence-electron chi connectivity index (χ3n) is 4.76. The van der Waals surface area contributed by atoms with Crippen LogP contribution in [0.5, 0.6) is 0 Å². The molecule has 2 aromatic rings. The molecule has 25 heavy (non-hydrogen) atoms. The van der Waals surface area contributed by atoms with Crippen LogP contribution < -0.4 is 0 Å². The number of fused-ring (bicyclic) bond motifs is 1. The molecule has 1 N–H and O–H groups in total. The Balaban J connectivity index is 2.09. The molecule has 0 radical (unpaired) electrons. The highest BCUT2D eigenvalue weighted by Gasteiger charge is 2.28. The molecule has 1 saturated carbocycles. The van der Waals surface area contributed by atoms with Gasteiger partial charge in [-0.2, -0.15) is 0 Å². The van der Waals surface area contributed by atoms with Crippen molar-refractivity contribution in [3.05, 3.63) is 40.6 Å². The Bertz CT molecular complexity index is 840. The number of carboxylic acids is 1. The van der Waals surface area contributed by atoms with E-state index in [9.17, 15) is 9.59 Å². The summed E-state index contributed by atoms with van der Waals surface area (Å²) < 4.78 is 0. The number of hydrogen-bond acceptors (Lipinski definition) is 3. The molecule has 0 unspecified atom stereocenters. The van der Waals surface area contributed by atoms with Gasteiger partial charge in [0, 0.05) is 30.1 Å². The van der Waals surface area contributed by atoms with E-state index in [-0.39, 0.29) is 18.9 Å². The van der Waals surface area contributed by atoms with Crippen LogP contribution in [0.1, 0.15) is 59.3 Å². The highest BCUT2D eigenvalue weighted by molar-refractivity contribution is 6.07. The van der Waals surface area contributed by atoms with Gasteiger partial charge in [0.25, 0.3) is 5.91 Å². The average molecular weight is 340 g/mol. The summed E-state index contributed by atoms with van der Waals surface area (Å²) in [6.07, 6.45) is 2.19. The van der Waals surface area contributed by atoms with Gasteiger partial charge >= 0.3 is 5.97 Å². The number of pyridine rings is 1. The number of amides is 1. The van der Waals surface area contributed by atoms with Gasteiger partial charge in [-0.3, -0.25) is 14.6 Å². The number of carbonyl (C=O) groups is 2. The summed E-state index contributed by atoms with van der Waals surface area (Å²) >= 11 is 0. The molecule has 132 valence electrons. The zero-order valence-electron chi connectivity index (χ0n) is 15.0. The molecule has 0 bridgehead atoms. The highest BCUT2D eigenvalue weighted by atomic mass is 16.4. The number of aromatic nitrogens is 1. The maximum absolute atomic E-state index is 13.1. The van der Waals surface area contributed by atoms with E-state index in [0.29, 0.717) is 18.0 Å². The van der Waals surface area contributed by atoms with E-state index in [1.54, 1.807) is 4.90 Å². The van der Waals surface area contributed by atoms with Crippen molar-refractivity contribution >= 4 is 22.8 Å². The molecule has 3 rings (SSSR count). The van der Waals surface area contributed by atoms with Crippen molar-refractivity contribution < 1.29 is 14.7 Å². The second-order valence-corrected chi connectivity index (χ2v) is 6.88. The van der Waals surface area contributed by atoms with Crippen LogP contribution >= 0.6 is 0 Å². The minimum Gasteiger partial charge on any atom is -0.481 e. The zero-order chi connectivity index (χ0) is 18.1. The van der Waals surface area contributed by atoms with Gasteiger partial charge in [-0.05, 0) is 51.3 Å². The van der Waals surface area contributed by atoms with Gasteiger partial charge < -0.3 is 10.0 Å². The molecule has 0 saturated heterocycles. The van der Waals surface area contributed by atoms with Crippen molar-refractivity contribution in [1.29, 1.82) is 0 Å². The summed E-state index contributed by atoms with van der Waals surface area (Å²) in [6.45, 7) is 6.62. The summed E-state index contributed by atoms with van der Waals surface area (Å²) in [6, 6.07) is 6.01. The normalized spacial score (nSPS) is 13.9. The number of hydrogen-bond donors (Lipinski definition) is 1. The minimum atomic E-state index is -0.892. The number of aliphatic carboxylic acids is 1. The lowest BCUT2D eigenvalue weighted by molar-refractivity contribution is -0.137. The highest BCUT2D eigenvalue weighted by Crippen LogP contribution is 2.40. The molecule has 1 aliphatic carbocycles. The second-order valence-electron chi connectivity index (χ2n) is 6.88. The zero-order valence-corrected chi connectivity index (χ0v) is 15.0. The number of carboxylic acid groups (broad SMARTS) is 1. The molecule has 1 aromatic carbocycles. The Morgan fingerprint density at radius 3 is 2.56 bits per heavy atom. The summed E-state index contributed by atoms with van der Waals surface area (Å²) in [4.78, 5) is 30.4. The fraction of sp³-hybridized carbons (Fsp3) is 0.450. The molecule has 1 aromatic heterocycles. The number of carbonyl (C=O) groups excluding carboxylic acids is 1. The van der Waals surface area contributed by atoms with Crippen LogP contribution in [0.4, 0.5) is 0 Å². The van der Waals surface area contributed by atoms with Crippen molar-refractivity contribution in [3.63, 3.8) is 0 Å². The van der Waals surface area contributed by atoms with Gasteiger partial charge in [0.05, 0.1) is 17.5 Å². The number of rotatable bonds is 6.